The summed E-state index contributed by atoms with van der Waals surface area (Å²) >= 11 is 0. The van der Waals surface area contributed by atoms with E-state index in [1.165, 1.54) is 5.56 Å². The largest absolute Gasteiger partial charge is 0.497 e. The molecule has 2 aromatic heterocycles. The van der Waals surface area contributed by atoms with Crippen molar-refractivity contribution in [1.82, 2.24) is 19.7 Å². The Labute approximate surface area is 169 Å². The summed E-state index contributed by atoms with van der Waals surface area (Å²) < 4.78 is 7.01. The first-order chi connectivity index (χ1) is 14.2. The number of pyridine rings is 1. The number of benzene rings is 2. The standard InChI is InChI=1S/C22H22N6O/c1-16-8-9-19(29-2)13-20(16)26-22-25-15-28(27-22)18-10-11-23-21(12-18)24-14-17-6-4-3-5-7-17/h3-13,15H,14H2,1-2H3,(H,23,24)(H,26,27). The zero-order valence-electron chi connectivity index (χ0n) is 16.3. The van der Waals surface area contributed by atoms with Crippen LogP contribution in [0.3, 0.4) is 0 Å². The van der Waals surface area contributed by atoms with Crippen LogP contribution >= 0.6 is 0 Å². The van der Waals surface area contributed by atoms with Crippen molar-refractivity contribution >= 4 is 17.5 Å². The molecule has 7 heteroatoms. The van der Waals surface area contributed by atoms with E-state index in [4.69, 9.17) is 4.74 Å². The summed E-state index contributed by atoms with van der Waals surface area (Å²) in [6.45, 7) is 2.73. The predicted molar refractivity (Wildman–Crippen MR) is 114 cm³/mol. The Balaban J connectivity index is 1.48. The molecule has 0 aliphatic carbocycles. The van der Waals surface area contributed by atoms with Crippen molar-refractivity contribution in [3.63, 3.8) is 0 Å². The van der Waals surface area contributed by atoms with Gasteiger partial charge in [-0.3, -0.25) is 0 Å². The lowest BCUT2D eigenvalue weighted by molar-refractivity contribution is 0.415. The second-order valence-corrected chi connectivity index (χ2v) is 6.56. The minimum atomic E-state index is 0.511. The van der Waals surface area contributed by atoms with Crippen molar-refractivity contribution in [1.29, 1.82) is 0 Å². The van der Waals surface area contributed by atoms with Gasteiger partial charge in [0.2, 0.25) is 5.95 Å². The lowest BCUT2D eigenvalue weighted by Gasteiger charge is -2.09. The van der Waals surface area contributed by atoms with Crippen LogP contribution in [0.2, 0.25) is 0 Å². The van der Waals surface area contributed by atoms with Crippen LogP contribution < -0.4 is 15.4 Å². The molecule has 0 amide bonds. The van der Waals surface area contributed by atoms with Gasteiger partial charge in [-0.05, 0) is 30.2 Å². The van der Waals surface area contributed by atoms with E-state index in [0.717, 1.165) is 28.5 Å². The van der Waals surface area contributed by atoms with Gasteiger partial charge < -0.3 is 15.4 Å². The number of rotatable bonds is 7. The highest BCUT2D eigenvalue weighted by atomic mass is 16.5. The van der Waals surface area contributed by atoms with Crippen LogP contribution in [0.25, 0.3) is 5.69 Å². The number of ether oxygens (including phenoxy) is 1. The first kappa shape index (κ1) is 18.5. The number of hydrogen-bond acceptors (Lipinski definition) is 6. The fourth-order valence-electron chi connectivity index (χ4n) is 2.87. The van der Waals surface area contributed by atoms with Crippen LogP contribution in [0.4, 0.5) is 17.5 Å². The molecule has 2 N–H and O–H groups in total. The average molecular weight is 386 g/mol. The molecule has 29 heavy (non-hydrogen) atoms. The van der Waals surface area contributed by atoms with E-state index in [0.29, 0.717) is 12.5 Å². The van der Waals surface area contributed by atoms with Crippen LogP contribution in [0.1, 0.15) is 11.1 Å². The Kier molecular flexibility index (Phi) is 5.38. The number of methoxy groups -OCH3 is 1. The van der Waals surface area contributed by atoms with Gasteiger partial charge in [0.1, 0.15) is 17.9 Å². The van der Waals surface area contributed by atoms with E-state index in [9.17, 15) is 0 Å². The molecule has 0 atom stereocenters. The number of nitrogens with zero attached hydrogens (tertiary/aromatic N) is 4. The van der Waals surface area contributed by atoms with Crippen molar-refractivity contribution in [3.05, 3.63) is 84.3 Å². The molecule has 4 rings (SSSR count). The second-order valence-electron chi connectivity index (χ2n) is 6.56. The summed E-state index contributed by atoms with van der Waals surface area (Å²) in [5, 5.41) is 11.1. The summed E-state index contributed by atoms with van der Waals surface area (Å²) in [5.41, 5.74) is 4.06. The predicted octanol–water partition coefficient (Wildman–Crippen LogP) is 4.34. The normalized spacial score (nSPS) is 10.6. The molecule has 0 bridgehead atoms. The molecule has 0 saturated heterocycles. The van der Waals surface area contributed by atoms with Crippen molar-refractivity contribution in [2.24, 2.45) is 0 Å². The van der Waals surface area contributed by atoms with Crippen molar-refractivity contribution in [3.8, 4) is 11.4 Å². The van der Waals surface area contributed by atoms with E-state index < -0.39 is 0 Å². The number of nitrogens with one attached hydrogen (secondary N) is 2. The summed E-state index contributed by atoms with van der Waals surface area (Å²) in [7, 11) is 1.65. The minimum Gasteiger partial charge on any atom is -0.497 e. The second kappa shape index (κ2) is 8.43. The molecule has 0 aliphatic heterocycles. The zero-order valence-corrected chi connectivity index (χ0v) is 16.3. The smallest absolute Gasteiger partial charge is 0.246 e. The van der Waals surface area contributed by atoms with Gasteiger partial charge in [-0.15, -0.1) is 5.10 Å². The van der Waals surface area contributed by atoms with Crippen LogP contribution in [0, 0.1) is 6.92 Å². The van der Waals surface area contributed by atoms with Gasteiger partial charge in [-0.2, -0.15) is 4.98 Å². The van der Waals surface area contributed by atoms with Gasteiger partial charge in [0.05, 0.1) is 12.8 Å². The summed E-state index contributed by atoms with van der Waals surface area (Å²) in [4.78, 5) is 8.75. The van der Waals surface area contributed by atoms with Crippen LogP contribution in [-0.4, -0.2) is 26.9 Å². The van der Waals surface area contributed by atoms with Crippen LogP contribution in [0.5, 0.6) is 5.75 Å². The molecule has 0 unspecified atom stereocenters. The summed E-state index contributed by atoms with van der Waals surface area (Å²) in [6, 6.07) is 19.9. The average Bonchev–Trinajstić information content (AvgIpc) is 3.23. The molecule has 4 aromatic rings. The van der Waals surface area contributed by atoms with Crippen molar-refractivity contribution in [2.45, 2.75) is 13.5 Å². The fraction of sp³-hybridized carbons (Fsp3) is 0.136. The fourth-order valence-corrected chi connectivity index (χ4v) is 2.87. The Hall–Kier alpha value is -3.87. The lowest BCUT2D eigenvalue weighted by Crippen LogP contribution is -2.03. The number of anilines is 3. The number of hydrogen-bond donors (Lipinski definition) is 2. The van der Waals surface area contributed by atoms with Gasteiger partial charge in [-0.25, -0.2) is 9.67 Å². The molecule has 2 aromatic carbocycles. The van der Waals surface area contributed by atoms with Crippen molar-refractivity contribution < 1.29 is 4.74 Å². The highest BCUT2D eigenvalue weighted by Crippen LogP contribution is 2.24. The van der Waals surface area contributed by atoms with Gasteiger partial charge in [0.15, 0.2) is 0 Å². The van der Waals surface area contributed by atoms with Gasteiger partial charge >= 0.3 is 0 Å². The maximum atomic E-state index is 5.29. The highest BCUT2D eigenvalue weighted by Gasteiger charge is 2.07. The zero-order chi connectivity index (χ0) is 20.1. The quantitative estimate of drug-likeness (QED) is 0.492. The molecule has 0 spiro atoms. The summed E-state index contributed by atoms with van der Waals surface area (Å²) in [6.07, 6.45) is 3.43. The van der Waals surface area contributed by atoms with E-state index in [2.05, 4.69) is 37.8 Å². The van der Waals surface area contributed by atoms with E-state index >= 15 is 0 Å². The molecule has 0 radical (unpaired) electrons. The lowest BCUT2D eigenvalue weighted by atomic mass is 10.2. The Morgan fingerprint density at radius 3 is 2.69 bits per heavy atom. The Morgan fingerprint density at radius 1 is 1.00 bits per heavy atom. The Bertz CT molecular complexity index is 1090. The van der Waals surface area contributed by atoms with E-state index in [1.807, 2.05) is 55.5 Å². The van der Waals surface area contributed by atoms with Gasteiger partial charge in [0.25, 0.3) is 0 Å². The van der Waals surface area contributed by atoms with E-state index in [1.54, 1.807) is 24.3 Å². The highest BCUT2D eigenvalue weighted by molar-refractivity contribution is 5.60. The van der Waals surface area contributed by atoms with Gasteiger partial charge in [-0.1, -0.05) is 36.4 Å². The molecule has 0 saturated carbocycles. The first-order valence-corrected chi connectivity index (χ1v) is 9.29. The van der Waals surface area contributed by atoms with Crippen molar-refractivity contribution in [2.75, 3.05) is 17.7 Å². The molecule has 0 fully saturated rings. The maximum Gasteiger partial charge on any atom is 0.246 e. The first-order valence-electron chi connectivity index (χ1n) is 9.29. The maximum absolute atomic E-state index is 5.29. The molecular weight excluding hydrogens is 364 g/mol. The molecule has 7 nitrogen and oxygen atoms in total. The third kappa shape index (κ3) is 4.52. The SMILES string of the molecule is COc1ccc(C)c(Nc2ncn(-c3ccnc(NCc4ccccc4)c3)n2)c1. The molecule has 146 valence electrons. The molecule has 0 aliphatic rings. The Morgan fingerprint density at radius 2 is 1.86 bits per heavy atom. The molecule has 2 heterocycles. The third-order valence-electron chi connectivity index (χ3n) is 4.51. The van der Waals surface area contributed by atoms with Gasteiger partial charge in [0, 0.05) is 30.6 Å². The van der Waals surface area contributed by atoms with E-state index in [-0.39, 0.29) is 0 Å². The number of aromatic nitrogens is 4. The monoisotopic (exact) mass is 386 g/mol. The topological polar surface area (TPSA) is 76.9 Å². The minimum absolute atomic E-state index is 0.511. The van der Waals surface area contributed by atoms with Crippen LogP contribution in [-0.2, 0) is 6.54 Å². The molecular formula is C22H22N6O. The van der Waals surface area contributed by atoms with Crippen LogP contribution in [0.15, 0.2) is 73.2 Å². The third-order valence-corrected chi connectivity index (χ3v) is 4.51. The number of aryl methyl sites for hydroxylation is 1. The summed E-state index contributed by atoms with van der Waals surface area (Å²) in [5.74, 6) is 2.07.